The van der Waals surface area contributed by atoms with Gasteiger partial charge in [-0.25, -0.2) is 4.98 Å². The van der Waals surface area contributed by atoms with E-state index in [0.717, 1.165) is 31.6 Å². The summed E-state index contributed by atoms with van der Waals surface area (Å²) in [7, 11) is 0. The number of benzene rings is 1. The minimum Gasteiger partial charge on any atom is -0.365 e. The molecule has 2 aromatic rings. The summed E-state index contributed by atoms with van der Waals surface area (Å²) in [5, 5.41) is 0. The molecule has 20 heavy (non-hydrogen) atoms. The van der Waals surface area contributed by atoms with Gasteiger partial charge in [0.1, 0.15) is 0 Å². The largest absolute Gasteiger partial charge is 0.365 e. The second-order valence-corrected chi connectivity index (χ2v) is 5.24. The fourth-order valence-corrected chi connectivity index (χ4v) is 2.81. The van der Waals surface area contributed by atoms with Crippen LogP contribution in [0.2, 0.25) is 0 Å². The van der Waals surface area contributed by atoms with Crippen molar-refractivity contribution in [1.82, 2.24) is 9.55 Å². The number of anilines is 1. The Balaban J connectivity index is 1.84. The molecule has 0 radical (unpaired) electrons. The van der Waals surface area contributed by atoms with Crippen LogP contribution < -0.4 is 4.90 Å². The topological polar surface area (TPSA) is 38.1 Å². The molecule has 0 saturated carbocycles. The summed E-state index contributed by atoms with van der Waals surface area (Å²) in [6.45, 7) is 6.57. The fourth-order valence-electron chi connectivity index (χ4n) is 2.81. The smallest absolute Gasteiger partial charge is 0.159 e. The molecule has 0 fully saturated rings. The molecule has 0 unspecified atom stereocenters. The molecule has 104 valence electrons. The molecule has 2 heterocycles. The van der Waals surface area contributed by atoms with Gasteiger partial charge in [0.25, 0.3) is 0 Å². The molecule has 0 atom stereocenters. The van der Waals surface area contributed by atoms with Gasteiger partial charge in [0.05, 0.1) is 18.6 Å². The first kappa shape index (κ1) is 12.9. The normalized spacial score (nSPS) is 13.6. The molecule has 3 rings (SSSR count). The number of fused-ring (bicyclic) bond motifs is 1. The van der Waals surface area contributed by atoms with Crippen LogP contribution in [0.4, 0.5) is 5.69 Å². The average Bonchev–Trinajstić information content (AvgIpc) is 3.05. The third-order valence-corrected chi connectivity index (χ3v) is 3.97. The zero-order valence-corrected chi connectivity index (χ0v) is 12.0. The van der Waals surface area contributed by atoms with Crippen LogP contribution in [-0.4, -0.2) is 21.9 Å². The Bertz CT molecular complexity index is 645. The molecule has 4 nitrogen and oxygen atoms in total. The van der Waals surface area contributed by atoms with E-state index in [-0.39, 0.29) is 5.78 Å². The first-order valence-corrected chi connectivity index (χ1v) is 7.07. The molecule has 1 aromatic heterocycles. The number of aromatic nitrogens is 2. The maximum absolute atomic E-state index is 11.4. The summed E-state index contributed by atoms with van der Waals surface area (Å²) in [6, 6.07) is 6.04. The van der Waals surface area contributed by atoms with Crippen LogP contribution in [-0.2, 0) is 19.5 Å². The van der Waals surface area contributed by atoms with Gasteiger partial charge in [-0.05, 0) is 44.0 Å². The Morgan fingerprint density at radius 2 is 2.25 bits per heavy atom. The van der Waals surface area contributed by atoms with Crippen molar-refractivity contribution in [1.29, 1.82) is 0 Å². The van der Waals surface area contributed by atoms with Gasteiger partial charge in [0, 0.05) is 30.5 Å². The average molecular weight is 269 g/mol. The predicted molar refractivity (Wildman–Crippen MR) is 79.1 cm³/mol. The Kier molecular flexibility index (Phi) is 3.30. The van der Waals surface area contributed by atoms with E-state index in [1.165, 1.54) is 16.9 Å². The fraction of sp³-hybridized carbons (Fsp3) is 0.375. The molecular weight excluding hydrogens is 250 g/mol. The van der Waals surface area contributed by atoms with Gasteiger partial charge < -0.3 is 9.47 Å². The first-order valence-electron chi connectivity index (χ1n) is 7.07. The summed E-state index contributed by atoms with van der Waals surface area (Å²) in [5.41, 5.74) is 4.57. The molecule has 1 aliphatic rings. The van der Waals surface area contributed by atoms with E-state index in [2.05, 4.69) is 27.4 Å². The van der Waals surface area contributed by atoms with E-state index >= 15 is 0 Å². The van der Waals surface area contributed by atoms with Gasteiger partial charge in [-0.1, -0.05) is 0 Å². The van der Waals surface area contributed by atoms with E-state index in [4.69, 9.17) is 0 Å². The molecule has 0 spiro atoms. The molecule has 0 amide bonds. The highest BCUT2D eigenvalue weighted by Crippen LogP contribution is 2.30. The lowest BCUT2D eigenvalue weighted by atomic mass is 10.1. The number of carbonyl (C=O) groups is 1. The summed E-state index contributed by atoms with van der Waals surface area (Å²) in [4.78, 5) is 18.0. The molecule has 4 heteroatoms. The molecular formula is C16H19N3O. The van der Waals surface area contributed by atoms with Crippen LogP contribution >= 0.6 is 0 Å². The van der Waals surface area contributed by atoms with Crippen LogP contribution in [0.5, 0.6) is 0 Å². The van der Waals surface area contributed by atoms with E-state index in [1.807, 2.05) is 24.7 Å². The number of aryl methyl sites for hydroxylation is 1. The van der Waals surface area contributed by atoms with Gasteiger partial charge in [0.2, 0.25) is 0 Å². The van der Waals surface area contributed by atoms with Crippen LogP contribution in [0.15, 0.2) is 30.7 Å². The van der Waals surface area contributed by atoms with Crippen LogP contribution in [0, 0.1) is 0 Å². The van der Waals surface area contributed by atoms with Crippen LogP contribution in [0.25, 0.3) is 0 Å². The number of nitrogens with zero attached hydrogens (tertiary/aromatic N) is 3. The van der Waals surface area contributed by atoms with Gasteiger partial charge in [-0.15, -0.1) is 0 Å². The van der Waals surface area contributed by atoms with Crippen LogP contribution in [0.3, 0.4) is 0 Å². The van der Waals surface area contributed by atoms with Gasteiger partial charge in [-0.3, -0.25) is 4.79 Å². The third kappa shape index (κ3) is 2.22. The Labute approximate surface area is 119 Å². The van der Waals surface area contributed by atoms with Crippen molar-refractivity contribution in [2.24, 2.45) is 0 Å². The summed E-state index contributed by atoms with van der Waals surface area (Å²) in [6.07, 6.45) is 4.83. The molecule has 0 saturated heterocycles. The summed E-state index contributed by atoms with van der Waals surface area (Å²) in [5.74, 6) is 0.135. The van der Waals surface area contributed by atoms with Crippen molar-refractivity contribution >= 4 is 11.5 Å². The minimum absolute atomic E-state index is 0.135. The monoisotopic (exact) mass is 269 g/mol. The van der Waals surface area contributed by atoms with Crippen molar-refractivity contribution in [3.05, 3.63) is 47.5 Å². The highest BCUT2D eigenvalue weighted by molar-refractivity contribution is 5.94. The van der Waals surface area contributed by atoms with Crippen molar-refractivity contribution in [3.63, 3.8) is 0 Å². The van der Waals surface area contributed by atoms with E-state index in [9.17, 15) is 4.79 Å². The number of hydrogen-bond donors (Lipinski definition) is 0. The standard InChI is InChI=1S/C16H19N3O/c1-3-18-11-17-9-15(18)10-19-7-6-14-8-13(12(2)20)4-5-16(14)19/h4-5,8-9,11H,3,6-7,10H2,1-2H3. The summed E-state index contributed by atoms with van der Waals surface area (Å²) < 4.78 is 2.17. The number of carbonyl (C=O) groups excluding carboxylic acids is 1. The molecule has 0 aliphatic carbocycles. The lowest BCUT2D eigenvalue weighted by molar-refractivity contribution is 0.101. The number of rotatable bonds is 4. The van der Waals surface area contributed by atoms with Gasteiger partial charge in [-0.2, -0.15) is 0 Å². The van der Waals surface area contributed by atoms with Gasteiger partial charge in [0.15, 0.2) is 5.78 Å². The van der Waals surface area contributed by atoms with E-state index in [0.29, 0.717) is 0 Å². The van der Waals surface area contributed by atoms with E-state index < -0.39 is 0 Å². The quantitative estimate of drug-likeness (QED) is 0.801. The Morgan fingerprint density at radius 1 is 1.40 bits per heavy atom. The van der Waals surface area contributed by atoms with Crippen molar-refractivity contribution in [3.8, 4) is 0 Å². The molecule has 0 bridgehead atoms. The highest BCUT2D eigenvalue weighted by Gasteiger charge is 2.20. The van der Waals surface area contributed by atoms with Crippen molar-refractivity contribution in [2.45, 2.75) is 33.4 Å². The Hall–Kier alpha value is -2.10. The molecule has 0 N–H and O–H groups in total. The van der Waals surface area contributed by atoms with Crippen LogP contribution in [0.1, 0.15) is 35.5 Å². The number of ketones is 1. The van der Waals surface area contributed by atoms with Crippen molar-refractivity contribution < 1.29 is 4.79 Å². The van der Waals surface area contributed by atoms with E-state index in [1.54, 1.807) is 6.92 Å². The second-order valence-electron chi connectivity index (χ2n) is 5.24. The highest BCUT2D eigenvalue weighted by atomic mass is 16.1. The SMILES string of the molecule is CCn1cncc1CN1CCc2cc(C(C)=O)ccc21. The third-order valence-electron chi connectivity index (χ3n) is 3.97. The van der Waals surface area contributed by atoms with Gasteiger partial charge >= 0.3 is 0 Å². The lowest BCUT2D eigenvalue weighted by Crippen LogP contribution is -2.21. The van der Waals surface area contributed by atoms with Crippen molar-refractivity contribution in [2.75, 3.05) is 11.4 Å². The zero-order chi connectivity index (χ0) is 14.1. The first-order chi connectivity index (χ1) is 9.69. The zero-order valence-electron chi connectivity index (χ0n) is 12.0. The molecule has 1 aliphatic heterocycles. The maximum Gasteiger partial charge on any atom is 0.159 e. The predicted octanol–water partition coefficient (Wildman–Crippen LogP) is 2.67. The number of hydrogen-bond acceptors (Lipinski definition) is 3. The Morgan fingerprint density at radius 3 is 3.00 bits per heavy atom. The maximum atomic E-state index is 11.4. The minimum atomic E-state index is 0.135. The number of imidazole rings is 1. The number of Topliss-reactive ketones (excluding diaryl/α,β-unsaturated/α-hetero) is 1. The lowest BCUT2D eigenvalue weighted by Gasteiger charge is -2.20. The second kappa shape index (κ2) is 5.12. The molecule has 1 aromatic carbocycles. The summed E-state index contributed by atoms with van der Waals surface area (Å²) >= 11 is 0.